The van der Waals surface area contributed by atoms with E-state index < -0.39 is 0 Å². The van der Waals surface area contributed by atoms with Crippen molar-refractivity contribution in [1.29, 1.82) is 0 Å². The number of carbonyl (C=O) groups is 1. The number of hydrogen-bond donors (Lipinski definition) is 2. The van der Waals surface area contributed by atoms with Gasteiger partial charge in [0.15, 0.2) is 0 Å². The SMILES string of the molecule is COCCCN.COCCCNC(=O)c1cc(-c2ccccc2)c(=O)n2ncc3ccsc3c12. The average Bonchev–Trinajstić information content (AvgIpc) is 3.35. The molecule has 3 heterocycles. The first-order valence-electron chi connectivity index (χ1n) is 11.1. The van der Waals surface area contributed by atoms with Gasteiger partial charge in [-0.2, -0.15) is 9.61 Å². The van der Waals surface area contributed by atoms with Crippen LogP contribution < -0.4 is 16.6 Å². The Bertz CT molecular complexity index is 1270. The van der Waals surface area contributed by atoms with Crippen LogP contribution in [0.1, 0.15) is 23.2 Å². The van der Waals surface area contributed by atoms with Crippen LogP contribution in [0.2, 0.25) is 0 Å². The number of rotatable bonds is 9. The zero-order chi connectivity index (χ0) is 24.3. The van der Waals surface area contributed by atoms with Crippen LogP contribution >= 0.6 is 11.3 Å². The lowest BCUT2D eigenvalue weighted by atomic mass is 10.0. The van der Waals surface area contributed by atoms with Crippen molar-refractivity contribution in [3.63, 3.8) is 0 Å². The minimum absolute atomic E-state index is 0.228. The Kier molecular flexibility index (Phi) is 9.72. The van der Waals surface area contributed by atoms with Gasteiger partial charge in [-0.15, -0.1) is 11.3 Å². The van der Waals surface area contributed by atoms with Crippen LogP contribution in [0.3, 0.4) is 0 Å². The predicted molar refractivity (Wildman–Crippen MR) is 137 cm³/mol. The van der Waals surface area contributed by atoms with Gasteiger partial charge in [0.2, 0.25) is 0 Å². The fourth-order valence-corrected chi connectivity index (χ4v) is 4.32. The molecule has 4 rings (SSSR count). The summed E-state index contributed by atoms with van der Waals surface area (Å²) in [5.74, 6) is -0.228. The number of methoxy groups -OCH3 is 2. The largest absolute Gasteiger partial charge is 0.385 e. The maximum Gasteiger partial charge on any atom is 0.279 e. The summed E-state index contributed by atoms with van der Waals surface area (Å²) in [4.78, 5) is 26.1. The smallest absolute Gasteiger partial charge is 0.279 e. The minimum Gasteiger partial charge on any atom is -0.385 e. The first-order valence-corrected chi connectivity index (χ1v) is 11.9. The van der Waals surface area contributed by atoms with Gasteiger partial charge in [-0.3, -0.25) is 9.59 Å². The lowest BCUT2D eigenvalue weighted by Crippen LogP contribution is -2.28. The van der Waals surface area contributed by atoms with Gasteiger partial charge in [0.1, 0.15) is 0 Å². The van der Waals surface area contributed by atoms with E-state index in [2.05, 4.69) is 10.4 Å². The molecule has 0 fully saturated rings. The molecule has 1 aromatic carbocycles. The summed E-state index contributed by atoms with van der Waals surface area (Å²) >= 11 is 1.49. The van der Waals surface area contributed by atoms with Gasteiger partial charge in [0.05, 0.1) is 22.0 Å². The quantitative estimate of drug-likeness (QED) is 0.354. The summed E-state index contributed by atoms with van der Waals surface area (Å²) in [6, 6.07) is 12.9. The normalized spacial score (nSPS) is 10.8. The molecular formula is C25H30N4O4S. The first kappa shape index (κ1) is 25.5. The van der Waals surface area contributed by atoms with Crippen LogP contribution in [0.4, 0.5) is 0 Å². The van der Waals surface area contributed by atoms with Crippen molar-refractivity contribution in [3.8, 4) is 11.1 Å². The molecule has 0 aliphatic rings. The van der Waals surface area contributed by atoms with E-state index in [1.54, 1.807) is 26.5 Å². The maximum atomic E-state index is 13.1. The summed E-state index contributed by atoms with van der Waals surface area (Å²) in [6.07, 6.45) is 3.34. The fourth-order valence-electron chi connectivity index (χ4n) is 3.40. The summed E-state index contributed by atoms with van der Waals surface area (Å²) in [5, 5.41) is 10.1. The molecule has 3 aromatic heterocycles. The Balaban J connectivity index is 0.000000481. The van der Waals surface area contributed by atoms with Crippen molar-refractivity contribution in [2.75, 3.05) is 40.5 Å². The van der Waals surface area contributed by atoms with Crippen molar-refractivity contribution in [1.82, 2.24) is 14.9 Å². The molecule has 0 atom stereocenters. The Hall–Kier alpha value is -3.11. The third-order valence-electron chi connectivity index (χ3n) is 5.09. The second-order valence-electron chi connectivity index (χ2n) is 7.49. The molecule has 0 bridgehead atoms. The zero-order valence-electron chi connectivity index (χ0n) is 19.5. The van der Waals surface area contributed by atoms with E-state index in [0.29, 0.717) is 36.2 Å². The second kappa shape index (κ2) is 13.0. The Morgan fingerprint density at radius 3 is 2.53 bits per heavy atom. The Morgan fingerprint density at radius 2 is 1.85 bits per heavy atom. The third-order valence-corrected chi connectivity index (χ3v) is 6.03. The molecular weight excluding hydrogens is 452 g/mol. The number of nitrogens with zero attached hydrogens (tertiary/aromatic N) is 2. The monoisotopic (exact) mass is 482 g/mol. The molecule has 4 aromatic rings. The molecule has 3 N–H and O–H groups in total. The lowest BCUT2D eigenvalue weighted by Gasteiger charge is -2.12. The van der Waals surface area contributed by atoms with Crippen LogP contribution in [-0.2, 0) is 9.47 Å². The molecule has 1 amide bonds. The van der Waals surface area contributed by atoms with E-state index in [4.69, 9.17) is 15.2 Å². The van der Waals surface area contributed by atoms with E-state index in [9.17, 15) is 9.59 Å². The molecule has 9 heteroatoms. The molecule has 0 saturated heterocycles. The fraction of sp³-hybridized carbons (Fsp3) is 0.320. The minimum atomic E-state index is -0.243. The predicted octanol–water partition coefficient (Wildman–Crippen LogP) is 3.32. The van der Waals surface area contributed by atoms with Crippen molar-refractivity contribution in [3.05, 3.63) is 70.0 Å². The van der Waals surface area contributed by atoms with Crippen LogP contribution in [-0.4, -0.2) is 56.0 Å². The summed E-state index contributed by atoms with van der Waals surface area (Å²) in [6.45, 7) is 2.58. The number of carbonyl (C=O) groups excluding carboxylic acids is 1. The number of nitrogens with two attached hydrogens (primary N) is 1. The lowest BCUT2D eigenvalue weighted by molar-refractivity contribution is 0.0950. The van der Waals surface area contributed by atoms with E-state index in [0.717, 1.165) is 35.2 Å². The van der Waals surface area contributed by atoms with E-state index in [1.807, 2.05) is 41.8 Å². The van der Waals surface area contributed by atoms with Crippen molar-refractivity contribution in [2.24, 2.45) is 5.73 Å². The summed E-state index contributed by atoms with van der Waals surface area (Å²) in [5.41, 5.74) is 7.08. The van der Waals surface area contributed by atoms with Crippen molar-refractivity contribution < 1.29 is 14.3 Å². The van der Waals surface area contributed by atoms with Crippen molar-refractivity contribution in [2.45, 2.75) is 12.8 Å². The van der Waals surface area contributed by atoms with Gasteiger partial charge in [-0.1, -0.05) is 30.3 Å². The molecule has 34 heavy (non-hydrogen) atoms. The zero-order valence-corrected chi connectivity index (χ0v) is 20.3. The topological polar surface area (TPSA) is 108 Å². The highest BCUT2D eigenvalue weighted by Crippen LogP contribution is 2.28. The van der Waals surface area contributed by atoms with Crippen LogP contribution in [0.15, 0.2) is 58.8 Å². The van der Waals surface area contributed by atoms with Crippen molar-refractivity contribution >= 4 is 32.8 Å². The number of amides is 1. The number of aromatic nitrogens is 2. The first-order chi connectivity index (χ1) is 16.6. The highest BCUT2D eigenvalue weighted by molar-refractivity contribution is 7.18. The number of pyridine rings is 1. The average molecular weight is 483 g/mol. The van der Waals surface area contributed by atoms with E-state index in [1.165, 1.54) is 15.9 Å². The highest BCUT2D eigenvalue weighted by atomic mass is 32.1. The maximum absolute atomic E-state index is 13.1. The number of nitrogens with one attached hydrogen (secondary N) is 1. The van der Waals surface area contributed by atoms with Gasteiger partial charge >= 0.3 is 0 Å². The van der Waals surface area contributed by atoms with Crippen LogP contribution in [0, 0.1) is 0 Å². The molecule has 8 nitrogen and oxygen atoms in total. The second-order valence-corrected chi connectivity index (χ2v) is 8.41. The molecule has 0 unspecified atom stereocenters. The van der Waals surface area contributed by atoms with Crippen LogP contribution in [0.25, 0.3) is 26.7 Å². The number of benzene rings is 1. The molecule has 0 aliphatic carbocycles. The third kappa shape index (κ3) is 6.06. The number of thiophene rings is 1. The van der Waals surface area contributed by atoms with Gasteiger partial charge < -0.3 is 20.5 Å². The highest BCUT2D eigenvalue weighted by Gasteiger charge is 2.19. The Labute approximate surface area is 202 Å². The number of fused-ring (bicyclic) bond motifs is 3. The molecule has 180 valence electrons. The summed E-state index contributed by atoms with van der Waals surface area (Å²) < 4.78 is 11.9. The van der Waals surface area contributed by atoms with Crippen LogP contribution in [0.5, 0.6) is 0 Å². The molecule has 0 aliphatic heterocycles. The van der Waals surface area contributed by atoms with Gasteiger partial charge in [0, 0.05) is 44.9 Å². The standard InChI is InChI=1S/C21H19N3O3S.C4H11NO/c1-27-10-5-9-22-20(25)17-12-16(14-6-3-2-4-7-14)21(26)24-18(17)19-15(13-23-24)8-11-28-19;1-6-4-2-3-5/h2-4,6-8,11-13H,5,9-10H2,1H3,(H,22,25);2-5H2,1H3. The van der Waals surface area contributed by atoms with Gasteiger partial charge in [-0.25, -0.2) is 0 Å². The number of hydrogen-bond acceptors (Lipinski definition) is 7. The molecule has 0 radical (unpaired) electrons. The number of ether oxygens (including phenoxy) is 2. The van der Waals surface area contributed by atoms with Gasteiger partial charge in [0.25, 0.3) is 11.5 Å². The molecule has 0 saturated carbocycles. The molecule has 0 spiro atoms. The van der Waals surface area contributed by atoms with E-state index >= 15 is 0 Å². The summed E-state index contributed by atoms with van der Waals surface area (Å²) in [7, 11) is 3.31. The van der Waals surface area contributed by atoms with E-state index in [-0.39, 0.29) is 11.5 Å². The van der Waals surface area contributed by atoms with Gasteiger partial charge in [-0.05, 0) is 42.5 Å². The Morgan fingerprint density at radius 1 is 1.12 bits per heavy atom.